The van der Waals surface area contributed by atoms with Crippen molar-refractivity contribution in [3.05, 3.63) is 35.7 Å². The zero-order chi connectivity index (χ0) is 18.0. The molecule has 2 aliphatic heterocycles. The highest BCUT2D eigenvalue weighted by molar-refractivity contribution is 6.18. The van der Waals surface area contributed by atoms with Crippen LogP contribution in [0, 0.1) is 13.8 Å². The van der Waals surface area contributed by atoms with Gasteiger partial charge in [0.25, 0.3) is 5.91 Å². The summed E-state index contributed by atoms with van der Waals surface area (Å²) in [5.41, 5.74) is 9.43. The van der Waals surface area contributed by atoms with Crippen LogP contribution in [0.3, 0.4) is 0 Å². The minimum atomic E-state index is -0.632. The van der Waals surface area contributed by atoms with Crippen molar-refractivity contribution in [1.29, 1.82) is 0 Å². The van der Waals surface area contributed by atoms with E-state index in [9.17, 15) is 9.59 Å². The Morgan fingerprint density at radius 3 is 2.48 bits per heavy atom. The quantitative estimate of drug-likeness (QED) is 0.623. The Kier molecular flexibility index (Phi) is 3.02. The van der Waals surface area contributed by atoms with E-state index < -0.39 is 6.04 Å². The number of amidine groups is 1. The van der Waals surface area contributed by atoms with E-state index >= 15 is 0 Å². The molecule has 2 aliphatic rings. The molecule has 1 atom stereocenters. The first-order valence-electron chi connectivity index (χ1n) is 7.96. The fourth-order valence-corrected chi connectivity index (χ4v) is 3.50. The number of aliphatic imine (C=N–C) groups is 1. The maximum atomic E-state index is 12.7. The van der Waals surface area contributed by atoms with Crippen LogP contribution in [-0.2, 0) is 4.79 Å². The molecule has 8 nitrogen and oxygen atoms in total. The highest BCUT2D eigenvalue weighted by atomic mass is 16.2. The predicted molar refractivity (Wildman–Crippen MR) is 91.9 cm³/mol. The second-order valence-corrected chi connectivity index (χ2v) is 6.35. The number of urea groups is 1. The van der Waals surface area contributed by atoms with Gasteiger partial charge in [-0.15, -0.1) is 0 Å². The molecule has 8 heteroatoms. The van der Waals surface area contributed by atoms with Gasteiger partial charge in [-0.05, 0) is 26.0 Å². The van der Waals surface area contributed by atoms with Gasteiger partial charge in [-0.1, -0.05) is 17.1 Å². The highest BCUT2D eigenvalue weighted by Gasteiger charge is 2.53. The van der Waals surface area contributed by atoms with E-state index in [1.165, 1.54) is 11.9 Å². The number of nitrogens with zero attached hydrogens (tertiary/aromatic N) is 5. The number of anilines is 1. The van der Waals surface area contributed by atoms with Gasteiger partial charge in [0.05, 0.1) is 5.69 Å². The minimum Gasteiger partial charge on any atom is -0.396 e. The van der Waals surface area contributed by atoms with Crippen LogP contribution < -0.4 is 10.3 Å². The van der Waals surface area contributed by atoms with Gasteiger partial charge in [-0.25, -0.2) is 9.36 Å². The van der Waals surface area contributed by atoms with Crippen LogP contribution in [0.2, 0.25) is 0 Å². The molecule has 3 heterocycles. The summed E-state index contributed by atoms with van der Waals surface area (Å²) in [5, 5.41) is 0. The molecular formula is C17H19N6O2+. The lowest BCUT2D eigenvalue weighted by Crippen LogP contribution is -2.62. The molecule has 1 aromatic carbocycles. The molecule has 2 aromatic rings. The number of para-hydroxylation sites is 2. The first-order valence-corrected chi connectivity index (χ1v) is 7.96. The van der Waals surface area contributed by atoms with Gasteiger partial charge in [0.1, 0.15) is 17.1 Å². The van der Waals surface area contributed by atoms with Gasteiger partial charge in [0.15, 0.2) is 0 Å². The number of nitrogens with two attached hydrogens (primary N) is 1. The summed E-state index contributed by atoms with van der Waals surface area (Å²) in [6.45, 7) is 3.91. The number of nitrogen functional groups attached to an aromatic ring is 1. The van der Waals surface area contributed by atoms with Crippen LogP contribution in [0.5, 0.6) is 0 Å². The van der Waals surface area contributed by atoms with E-state index in [-0.39, 0.29) is 11.9 Å². The second-order valence-electron chi connectivity index (χ2n) is 6.35. The Morgan fingerprint density at radius 1 is 1.12 bits per heavy atom. The molecule has 0 radical (unpaired) electrons. The van der Waals surface area contributed by atoms with Crippen molar-refractivity contribution in [2.45, 2.75) is 19.9 Å². The number of amides is 3. The average Bonchev–Trinajstić information content (AvgIpc) is 3.09. The number of imide groups is 1. The third kappa shape index (κ3) is 1.81. The summed E-state index contributed by atoms with van der Waals surface area (Å²) in [7, 11) is 3.12. The summed E-state index contributed by atoms with van der Waals surface area (Å²) in [6, 6.07) is 6.49. The van der Waals surface area contributed by atoms with Gasteiger partial charge in [-0.2, -0.15) is 4.57 Å². The van der Waals surface area contributed by atoms with Crippen molar-refractivity contribution in [3.8, 4) is 5.69 Å². The largest absolute Gasteiger partial charge is 0.407 e. The Morgan fingerprint density at radius 2 is 1.80 bits per heavy atom. The molecule has 2 N–H and O–H groups in total. The Labute approximate surface area is 144 Å². The molecule has 1 aromatic heterocycles. The SMILES string of the molecule is Cc1c(C)[n+]2c(n1-c1ccccc1N)N=C1C2C(=O)N(C)C(=O)N1C. The maximum absolute atomic E-state index is 12.7. The lowest BCUT2D eigenvalue weighted by molar-refractivity contribution is -0.682. The topological polar surface area (TPSA) is 87.8 Å². The fourth-order valence-electron chi connectivity index (χ4n) is 3.50. The maximum Gasteiger partial charge on any atom is 0.407 e. The zero-order valence-corrected chi connectivity index (χ0v) is 14.5. The Hall–Kier alpha value is -3.16. The molecular weight excluding hydrogens is 320 g/mol. The number of likely N-dealkylation sites (N-methyl/N-ethyl adjacent to an activating group) is 2. The summed E-state index contributed by atoms with van der Waals surface area (Å²) in [5.74, 6) is 0.748. The summed E-state index contributed by atoms with van der Waals surface area (Å²) >= 11 is 0. The molecule has 1 unspecified atom stereocenters. The highest BCUT2D eigenvalue weighted by Crippen LogP contribution is 2.33. The van der Waals surface area contributed by atoms with Gasteiger partial charge < -0.3 is 5.73 Å². The Balaban J connectivity index is 2.00. The smallest absolute Gasteiger partial charge is 0.396 e. The number of benzene rings is 1. The van der Waals surface area contributed by atoms with Crippen LogP contribution in [-0.4, -0.2) is 46.2 Å². The zero-order valence-electron chi connectivity index (χ0n) is 14.5. The van der Waals surface area contributed by atoms with Crippen LogP contribution >= 0.6 is 0 Å². The number of carbonyl (C=O) groups is 2. The molecule has 3 amide bonds. The molecule has 4 rings (SSSR count). The van der Waals surface area contributed by atoms with Crippen molar-refractivity contribution in [1.82, 2.24) is 14.4 Å². The van der Waals surface area contributed by atoms with Gasteiger partial charge >= 0.3 is 12.0 Å². The summed E-state index contributed by atoms with van der Waals surface area (Å²) in [6.07, 6.45) is 0. The molecule has 0 bridgehead atoms. The predicted octanol–water partition coefficient (Wildman–Crippen LogP) is 1.07. The van der Waals surface area contributed by atoms with E-state index in [1.807, 2.05) is 47.2 Å². The Bertz CT molecular complexity index is 974. The van der Waals surface area contributed by atoms with Gasteiger partial charge in [0, 0.05) is 14.1 Å². The molecule has 128 valence electrons. The van der Waals surface area contributed by atoms with Crippen LogP contribution in [0.4, 0.5) is 16.4 Å². The third-order valence-corrected chi connectivity index (χ3v) is 5.01. The molecule has 1 saturated heterocycles. The van der Waals surface area contributed by atoms with Gasteiger partial charge in [0.2, 0.25) is 11.9 Å². The number of aromatic nitrogens is 2. The number of rotatable bonds is 1. The van der Waals surface area contributed by atoms with Crippen LogP contribution in [0.15, 0.2) is 29.3 Å². The lowest BCUT2D eigenvalue weighted by Gasteiger charge is -2.30. The van der Waals surface area contributed by atoms with Crippen molar-refractivity contribution >= 4 is 29.4 Å². The minimum absolute atomic E-state index is 0.285. The van der Waals surface area contributed by atoms with Crippen LogP contribution in [0.25, 0.3) is 5.69 Å². The van der Waals surface area contributed by atoms with Crippen molar-refractivity contribution < 1.29 is 14.2 Å². The molecule has 0 spiro atoms. The lowest BCUT2D eigenvalue weighted by atomic mass is 10.1. The standard InChI is InChI=1S/C17H19N6O2/c1-9-10(2)23-13-14(20(3)17(25)21(4)15(13)24)19-16(23)22(9)12-8-6-5-7-11(12)18/h5-8,13H,18H2,1-4H3/q+1. The third-order valence-electron chi connectivity index (χ3n) is 5.01. The first kappa shape index (κ1) is 15.4. The first-order chi connectivity index (χ1) is 11.8. The van der Waals surface area contributed by atoms with E-state index in [0.717, 1.165) is 22.0 Å². The number of imidazole rings is 1. The van der Waals surface area contributed by atoms with Crippen molar-refractivity contribution in [3.63, 3.8) is 0 Å². The number of hydrogen-bond acceptors (Lipinski definition) is 4. The fraction of sp³-hybridized carbons (Fsp3) is 0.294. The average molecular weight is 339 g/mol. The normalized spacial score (nSPS) is 19.2. The van der Waals surface area contributed by atoms with E-state index in [4.69, 9.17) is 5.73 Å². The molecule has 0 aliphatic carbocycles. The van der Waals surface area contributed by atoms with Crippen molar-refractivity contribution in [2.75, 3.05) is 19.8 Å². The van der Waals surface area contributed by atoms with Crippen molar-refractivity contribution in [2.24, 2.45) is 4.99 Å². The number of fused-ring (bicyclic) bond motifs is 3. The second kappa shape index (κ2) is 4.92. The monoisotopic (exact) mass is 339 g/mol. The molecule has 25 heavy (non-hydrogen) atoms. The molecule has 1 fully saturated rings. The van der Waals surface area contributed by atoms with Crippen LogP contribution in [0.1, 0.15) is 17.4 Å². The van der Waals surface area contributed by atoms with E-state index in [2.05, 4.69) is 4.99 Å². The summed E-state index contributed by atoms with van der Waals surface area (Å²) in [4.78, 5) is 32.2. The number of carbonyl (C=O) groups excluding carboxylic acids is 2. The molecule has 0 saturated carbocycles. The van der Waals surface area contributed by atoms with E-state index in [1.54, 1.807) is 7.05 Å². The number of hydrogen-bond donors (Lipinski definition) is 1. The van der Waals surface area contributed by atoms with Gasteiger partial charge in [-0.3, -0.25) is 14.6 Å². The van der Waals surface area contributed by atoms with E-state index in [0.29, 0.717) is 17.5 Å². The summed E-state index contributed by atoms with van der Waals surface area (Å²) < 4.78 is 3.81.